The molecule has 0 radical (unpaired) electrons. The van der Waals surface area contributed by atoms with Crippen molar-refractivity contribution in [2.45, 2.75) is 31.3 Å². The van der Waals surface area contributed by atoms with Crippen molar-refractivity contribution in [3.63, 3.8) is 0 Å². The van der Waals surface area contributed by atoms with Crippen LogP contribution in [0.3, 0.4) is 0 Å². The Balaban J connectivity index is 1.88. The molecule has 3 rings (SSSR count). The molecular formula is C13H17NO. The highest BCUT2D eigenvalue weighted by Gasteiger charge is 2.40. The Kier molecular flexibility index (Phi) is 1.84. The van der Waals surface area contributed by atoms with E-state index in [1.165, 1.54) is 16.8 Å². The minimum absolute atomic E-state index is 0.370. The van der Waals surface area contributed by atoms with Crippen molar-refractivity contribution >= 4 is 5.69 Å². The minimum Gasteiger partial charge on any atom is -0.390 e. The van der Waals surface area contributed by atoms with Crippen LogP contribution in [-0.4, -0.2) is 24.3 Å². The molecule has 1 aromatic rings. The quantitative estimate of drug-likeness (QED) is 0.791. The van der Waals surface area contributed by atoms with Gasteiger partial charge in [-0.3, -0.25) is 0 Å². The van der Waals surface area contributed by atoms with Gasteiger partial charge in [-0.1, -0.05) is 12.1 Å². The van der Waals surface area contributed by atoms with Crippen LogP contribution in [0.4, 0.5) is 5.69 Å². The van der Waals surface area contributed by atoms with Gasteiger partial charge in [0.15, 0.2) is 0 Å². The van der Waals surface area contributed by atoms with E-state index in [0.29, 0.717) is 0 Å². The highest BCUT2D eigenvalue weighted by molar-refractivity contribution is 5.59. The molecule has 0 unspecified atom stereocenters. The first kappa shape index (κ1) is 9.22. The van der Waals surface area contributed by atoms with Gasteiger partial charge in [0.1, 0.15) is 0 Å². The van der Waals surface area contributed by atoms with Gasteiger partial charge in [0, 0.05) is 25.7 Å². The molecule has 0 atom stereocenters. The van der Waals surface area contributed by atoms with Gasteiger partial charge in [-0.25, -0.2) is 0 Å². The summed E-state index contributed by atoms with van der Waals surface area (Å²) in [5.74, 6) is 0. The van der Waals surface area contributed by atoms with Crippen LogP contribution in [-0.2, 0) is 12.8 Å². The Morgan fingerprint density at radius 1 is 1.40 bits per heavy atom. The topological polar surface area (TPSA) is 23.5 Å². The Bertz CT molecular complexity index is 396. The van der Waals surface area contributed by atoms with Gasteiger partial charge in [-0.05, 0) is 36.5 Å². The summed E-state index contributed by atoms with van der Waals surface area (Å²) in [6, 6.07) is 6.65. The van der Waals surface area contributed by atoms with E-state index in [0.717, 1.165) is 32.2 Å². The fourth-order valence-corrected chi connectivity index (χ4v) is 2.40. The summed E-state index contributed by atoms with van der Waals surface area (Å²) in [6.45, 7) is 1.13. The summed E-state index contributed by atoms with van der Waals surface area (Å²) in [7, 11) is 2.14. The third kappa shape index (κ3) is 1.63. The predicted molar refractivity (Wildman–Crippen MR) is 61.3 cm³/mol. The van der Waals surface area contributed by atoms with Gasteiger partial charge in [0.25, 0.3) is 0 Å². The largest absolute Gasteiger partial charge is 0.390 e. The lowest BCUT2D eigenvalue weighted by atomic mass is 10.0. The van der Waals surface area contributed by atoms with Gasteiger partial charge in [-0.15, -0.1) is 0 Å². The molecule has 1 N–H and O–H groups in total. The number of nitrogens with zero attached hydrogens (tertiary/aromatic N) is 1. The molecule has 1 saturated carbocycles. The van der Waals surface area contributed by atoms with Gasteiger partial charge >= 0.3 is 0 Å². The Morgan fingerprint density at radius 3 is 2.93 bits per heavy atom. The maximum Gasteiger partial charge on any atom is 0.0690 e. The second kappa shape index (κ2) is 2.99. The lowest BCUT2D eigenvalue weighted by Crippen LogP contribution is -2.14. The Morgan fingerprint density at radius 2 is 2.20 bits per heavy atom. The van der Waals surface area contributed by atoms with Gasteiger partial charge in [0.05, 0.1) is 5.60 Å². The molecule has 0 spiro atoms. The summed E-state index contributed by atoms with van der Waals surface area (Å²) in [5.41, 5.74) is 3.72. The summed E-state index contributed by atoms with van der Waals surface area (Å²) in [5, 5.41) is 9.88. The van der Waals surface area contributed by atoms with Crippen molar-refractivity contribution in [2.24, 2.45) is 0 Å². The zero-order valence-corrected chi connectivity index (χ0v) is 9.16. The Labute approximate surface area is 90.5 Å². The summed E-state index contributed by atoms with van der Waals surface area (Å²) >= 11 is 0. The molecule has 2 nitrogen and oxygen atoms in total. The fraction of sp³-hybridized carbons (Fsp3) is 0.538. The number of anilines is 1. The Hall–Kier alpha value is -1.02. The van der Waals surface area contributed by atoms with Crippen molar-refractivity contribution in [1.82, 2.24) is 0 Å². The number of likely N-dealkylation sites (N-methyl/N-ethyl adjacent to an activating group) is 1. The first-order valence-electron chi connectivity index (χ1n) is 5.72. The summed E-state index contributed by atoms with van der Waals surface area (Å²) < 4.78 is 0. The summed E-state index contributed by atoms with van der Waals surface area (Å²) in [4.78, 5) is 2.30. The number of rotatable bonds is 2. The average Bonchev–Trinajstić information content (AvgIpc) is 2.82. The van der Waals surface area contributed by atoms with Crippen molar-refractivity contribution in [3.8, 4) is 0 Å². The lowest BCUT2D eigenvalue weighted by Gasteiger charge is -2.14. The third-order valence-corrected chi connectivity index (χ3v) is 3.64. The van der Waals surface area contributed by atoms with E-state index in [-0.39, 0.29) is 5.60 Å². The maximum atomic E-state index is 9.88. The van der Waals surface area contributed by atoms with E-state index in [1.807, 2.05) is 0 Å². The highest BCUT2D eigenvalue weighted by Crippen LogP contribution is 2.39. The molecule has 0 amide bonds. The summed E-state index contributed by atoms with van der Waals surface area (Å²) in [6.07, 6.45) is 3.93. The number of benzene rings is 1. The molecular weight excluding hydrogens is 186 g/mol. The normalized spacial score (nSPS) is 21.6. The first-order valence-corrected chi connectivity index (χ1v) is 5.72. The van der Waals surface area contributed by atoms with Gasteiger partial charge in [-0.2, -0.15) is 0 Å². The van der Waals surface area contributed by atoms with Crippen LogP contribution < -0.4 is 4.90 Å². The van der Waals surface area contributed by atoms with Crippen molar-refractivity contribution in [3.05, 3.63) is 29.3 Å². The predicted octanol–water partition coefficient (Wildman–Crippen LogP) is 1.75. The second-order valence-corrected chi connectivity index (χ2v) is 5.04. The van der Waals surface area contributed by atoms with E-state index in [2.05, 4.69) is 30.1 Å². The zero-order valence-electron chi connectivity index (χ0n) is 9.16. The smallest absolute Gasteiger partial charge is 0.0690 e. The molecule has 2 heteroatoms. The fourth-order valence-electron chi connectivity index (χ4n) is 2.40. The van der Waals surface area contributed by atoms with Crippen LogP contribution in [0.5, 0.6) is 0 Å². The lowest BCUT2D eigenvalue weighted by molar-refractivity contribution is 0.151. The number of hydrogen-bond donors (Lipinski definition) is 1. The molecule has 1 heterocycles. The molecule has 0 aromatic heterocycles. The standard InChI is InChI=1S/C13H17NO/c1-14-7-4-11-3-2-10(8-12(11)14)9-13(15)5-6-13/h2-3,8,15H,4-7,9H2,1H3. The van der Waals surface area contributed by atoms with Crippen LogP contribution in [0.15, 0.2) is 18.2 Å². The molecule has 0 bridgehead atoms. The van der Waals surface area contributed by atoms with Crippen LogP contribution in [0.2, 0.25) is 0 Å². The molecule has 1 aliphatic carbocycles. The molecule has 15 heavy (non-hydrogen) atoms. The molecule has 80 valence electrons. The molecule has 1 aromatic carbocycles. The van der Waals surface area contributed by atoms with E-state index in [9.17, 15) is 5.11 Å². The second-order valence-electron chi connectivity index (χ2n) is 5.04. The van der Waals surface area contributed by atoms with Gasteiger partial charge < -0.3 is 10.0 Å². The van der Waals surface area contributed by atoms with Crippen LogP contribution in [0, 0.1) is 0 Å². The number of hydrogen-bond acceptors (Lipinski definition) is 2. The average molecular weight is 203 g/mol. The van der Waals surface area contributed by atoms with Crippen molar-refractivity contribution in [1.29, 1.82) is 0 Å². The van der Waals surface area contributed by atoms with Crippen molar-refractivity contribution in [2.75, 3.05) is 18.5 Å². The van der Waals surface area contributed by atoms with E-state index < -0.39 is 0 Å². The minimum atomic E-state index is -0.370. The molecule has 1 aliphatic heterocycles. The monoisotopic (exact) mass is 203 g/mol. The van der Waals surface area contributed by atoms with E-state index in [1.54, 1.807) is 0 Å². The van der Waals surface area contributed by atoms with E-state index >= 15 is 0 Å². The molecule has 1 fully saturated rings. The molecule has 2 aliphatic rings. The first-order chi connectivity index (χ1) is 7.16. The van der Waals surface area contributed by atoms with Gasteiger partial charge in [0.2, 0.25) is 0 Å². The third-order valence-electron chi connectivity index (χ3n) is 3.64. The number of fused-ring (bicyclic) bond motifs is 1. The van der Waals surface area contributed by atoms with Crippen LogP contribution >= 0.6 is 0 Å². The van der Waals surface area contributed by atoms with Crippen LogP contribution in [0.1, 0.15) is 24.0 Å². The SMILES string of the molecule is CN1CCc2ccc(CC3(O)CC3)cc21. The van der Waals surface area contributed by atoms with Crippen LogP contribution in [0.25, 0.3) is 0 Å². The maximum absolute atomic E-state index is 9.88. The number of aliphatic hydroxyl groups is 1. The van der Waals surface area contributed by atoms with Crippen molar-refractivity contribution < 1.29 is 5.11 Å². The van der Waals surface area contributed by atoms with E-state index in [4.69, 9.17) is 0 Å². The zero-order chi connectivity index (χ0) is 10.5. The molecule has 0 saturated heterocycles. The highest BCUT2D eigenvalue weighted by atomic mass is 16.3.